The Morgan fingerprint density at radius 1 is 1.19 bits per heavy atom. The monoisotopic (exact) mass is 556 g/mol. The highest BCUT2D eigenvalue weighted by molar-refractivity contribution is 8.07. The van der Waals surface area contributed by atoms with Gasteiger partial charge in [-0.05, 0) is 60.7 Å². The largest absolute Gasteiger partial charge is 0.416 e. The van der Waals surface area contributed by atoms with E-state index in [2.05, 4.69) is 15.1 Å². The molecule has 0 bridgehead atoms. The zero-order valence-corrected chi connectivity index (χ0v) is 22.0. The highest BCUT2D eigenvalue weighted by Crippen LogP contribution is 2.33. The second kappa shape index (κ2) is 12.0. The molecule has 36 heavy (non-hydrogen) atoms. The average Bonchev–Trinajstić information content (AvgIpc) is 3.26. The first-order valence-corrected chi connectivity index (χ1v) is 13.5. The number of rotatable bonds is 9. The van der Waals surface area contributed by atoms with E-state index in [4.69, 9.17) is 11.6 Å². The van der Waals surface area contributed by atoms with Gasteiger partial charge < -0.3 is 10.0 Å². The molecule has 1 amide bonds. The topological polar surface area (TPSA) is 76.0 Å². The fraction of sp³-hybridized carbons (Fsp3) is 0.250. The van der Waals surface area contributed by atoms with Crippen LogP contribution in [0.2, 0.25) is 5.02 Å². The second-order valence-electron chi connectivity index (χ2n) is 7.53. The Hall–Kier alpha value is -2.76. The summed E-state index contributed by atoms with van der Waals surface area (Å²) in [5.41, 5.74) is 0.301. The molecule has 0 saturated carbocycles. The van der Waals surface area contributed by atoms with Gasteiger partial charge in [-0.15, -0.1) is 11.8 Å². The van der Waals surface area contributed by atoms with Gasteiger partial charge in [0.2, 0.25) is 0 Å². The molecular formula is C24H24ClF3N4O2S2. The lowest BCUT2D eigenvalue weighted by atomic mass is 10.1. The van der Waals surface area contributed by atoms with E-state index < -0.39 is 28.6 Å². The Morgan fingerprint density at radius 2 is 1.89 bits per heavy atom. The van der Waals surface area contributed by atoms with Crippen LogP contribution in [0.4, 0.5) is 18.9 Å². The third-order valence-electron chi connectivity index (χ3n) is 5.09. The van der Waals surface area contributed by atoms with Gasteiger partial charge in [-0.2, -0.15) is 18.3 Å². The van der Waals surface area contributed by atoms with Crippen LogP contribution in [0.15, 0.2) is 59.5 Å². The van der Waals surface area contributed by atoms with E-state index in [0.29, 0.717) is 21.2 Å². The van der Waals surface area contributed by atoms with E-state index in [1.54, 1.807) is 6.07 Å². The van der Waals surface area contributed by atoms with Crippen molar-refractivity contribution in [1.29, 1.82) is 0 Å². The lowest BCUT2D eigenvalue weighted by Gasteiger charge is -2.16. The summed E-state index contributed by atoms with van der Waals surface area (Å²) in [6, 6.07) is 10.9. The van der Waals surface area contributed by atoms with E-state index in [-0.39, 0.29) is 17.9 Å². The van der Waals surface area contributed by atoms with Crippen LogP contribution in [0.3, 0.4) is 0 Å². The van der Waals surface area contributed by atoms with E-state index >= 15 is 0 Å². The summed E-state index contributed by atoms with van der Waals surface area (Å²) in [5, 5.41) is 7.55. The number of anilines is 1. The van der Waals surface area contributed by atoms with E-state index in [0.717, 1.165) is 23.5 Å². The maximum Gasteiger partial charge on any atom is 0.416 e. The van der Waals surface area contributed by atoms with Crippen molar-refractivity contribution < 1.29 is 22.2 Å². The van der Waals surface area contributed by atoms with E-state index in [9.17, 15) is 22.2 Å². The molecule has 12 heteroatoms. The fourth-order valence-electron chi connectivity index (χ4n) is 3.31. The van der Waals surface area contributed by atoms with Crippen LogP contribution < -0.4 is 10.0 Å². The van der Waals surface area contributed by atoms with Gasteiger partial charge in [0.25, 0.3) is 5.91 Å². The number of carbonyl (C=O) groups is 1. The van der Waals surface area contributed by atoms with Crippen LogP contribution in [-0.2, 0) is 23.7 Å². The number of thioether (sulfide) groups is 1. The standard InChI is InChI=1S/C24H24ClF3N4O2S2/c1-4-5-22(35-3)20-13-21(23(33)29-2)32(30-20)14-15-6-7-16(24(26,27)28)12-19(15)31-36(34)18-10-8-17(25)9-11-18/h5-13,31H,4,14H2,1-3H3,(H,29,33)/b22-5-. The molecule has 1 heterocycles. The zero-order chi connectivity index (χ0) is 26.5. The minimum absolute atomic E-state index is 0.00667. The molecule has 0 saturated heterocycles. The maximum atomic E-state index is 13.5. The molecule has 3 aromatic rings. The van der Waals surface area contributed by atoms with Crippen molar-refractivity contribution in [3.63, 3.8) is 0 Å². The van der Waals surface area contributed by atoms with Crippen LogP contribution in [0, 0.1) is 0 Å². The third-order valence-corrected chi connectivity index (χ3v) is 7.26. The summed E-state index contributed by atoms with van der Waals surface area (Å²) in [6.07, 6.45) is 0.0399. The van der Waals surface area contributed by atoms with Crippen LogP contribution >= 0.6 is 23.4 Å². The second-order valence-corrected chi connectivity index (χ2v) is 10.0. The van der Waals surface area contributed by atoms with Crippen LogP contribution in [-0.4, -0.2) is 33.2 Å². The molecule has 0 aliphatic rings. The van der Waals surface area contributed by atoms with Gasteiger partial charge >= 0.3 is 6.18 Å². The van der Waals surface area contributed by atoms with Crippen LogP contribution in [0.1, 0.15) is 40.7 Å². The Labute approximate surface area is 218 Å². The number of alkyl halides is 3. The number of nitrogens with zero attached hydrogens (tertiary/aromatic N) is 2. The number of hydrogen-bond acceptors (Lipinski definition) is 4. The number of halogens is 4. The average molecular weight is 557 g/mol. The summed E-state index contributed by atoms with van der Waals surface area (Å²) in [4.78, 5) is 13.8. The number of allylic oxidation sites excluding steroid dienone is 1. The summed E-state index contributed by atoms with van der Waals surface area (Å²) in [6.45, 7) is 1.95. The molecule has 0 radical (unpaired) electrons. The van der Waals surface area contributed by atoms with Gasteiger partial charge in [-0.25, -0.2) is 4.21 Å². The lowest BCUT2D eigenvalue weighted by molar-refractivity contribution is -0.137. The molecule has 1 unspecified atom stereocenters. The minimum atomic E-state index is -4.60. The normalized spacial score (nSPS) is 12.9. The predicted molar refractivity (Wildman–Crippen MR) is 139 cm³/mol. The van der Waals surface area contributed by atoms with E-state index in [1.807, 2.05) is 19.3 Å². The Balaban J connectivity index is 2.05. The molecule has 6 nitrogen and oxygen atoms in total. The van der Waals surface area contributed by atoms with Gasteiger partial charge in [0.1, 0.15) is 16.7 Å². The van der Waals surface area contributed by atoms with Crippen molar-refractivity contribution in [2.75, 3.05) is 18.0 Å². The summed E-state index contributed by atoms with van der Waals surface area (Å²) < 4.78 is 57.4. The van der Waals surface area contributed by atoms with Crippen LogP contribution in [0.25, 0.3) is 4.91 Å². The maximum absolute atomic E-state index is 13.5. The SMILES string of the molecule is CC/C=C(\SC)c1cc(C(=O)NC)n(Cc2ccc(C(F)(F)F)cc2NS(=O)c2ccc(Cl)cc2)n1. The Morgan fingerprint density at radius 3 is 2.47 bits per heavy atom. The van der Waals surface area contributed by atoms with Crippen molar-refractivity contribution in [3.8, 4) is 0 Å². The molecule has 192 valence electrons. The molecule has 0 aliphatic carbocycles. The van der Waals surface area contributed by atoms with Crippen molar-refractivity contribution in [2.24, 2.45) is 0 Å². The van der Waals surface area contributed by atoms with Crippen molar-refractivity contribution in [2.45, 2.75) is 31.0 Å². The van der Waals surface area contributed by atoms with Crippen molar-refractivity contribution >= 4 is 50.8 Å². The number of aromatic nitrogens is 2. The number of nitrogens with one attached hydrogen (secondary N) is 2. The van der Waals surface area contributed by atoms with Gasteiger partial charge in [-0.3, -0.25) is 9.48 Å². The zero-order valence-electron chi connectivity index (χ0n) is 19.6. The predicted octanol–water partition coefficient (Wildman–Crippen LogP) is 6.21. The Bertz CT molecular complexity index is 1290. The highest BCUT2D eigenvalue weighted by Gasteiger charge is 2.31. The molecule has 1 aromatic heterocycles. The summed E-state index contributed by atoms with van der Waals surface area (Å²) in [7, 11) is -0.382. The van der Waals surface area contributed by atoms with Crippen LogP contribution in [0.5, 0.6) is 0 Å². The molecule has 2 aromatic carbocycles. The molecule has 2 N–H and O–H groups in total. The molecule has 0 spiro atoms. The van der Waals surface area contributed by atoms with Crippen molar-refractivity contribution in [3.05, 3.63) is 82.1 Å². The number of carbonyl (C=O) groups excluding carboxylic acids is 1. The van der Waals surface area contributed by atoms with Gasteiger partial charge in [0.05, 0.1) is 28.4 Å². The first-order chi connectivity index (χ1) is 17.1. The number of benzene rings is 2. The minimum Gasteiger partial charge on any atom is -0.354 e. The van der Waals surface area contributed by atoms with Gasteiger partial charge in [0.15, 0.2) is 0 Å². The van der Waals surface area contributed by atoms with E-state index in [1.165, 1.54) is 53.8 Å². The fourth-order valence-corrected chi connectivity index (χ4v) is 4.97. The first-order valence-electron chi connectivity index (χ1n) is 10.8. The number of amides is 1. The molecule has 3 rings (SSSR count). The van der Waals surface area contributed by atoms with Gasteiger partial charge in [0, 0.05) is 17.0 Å². The quantitative estimate of drug-likeness (QED) is 0.328. The third kappa shape index (κ3) is 6.71. The van der Waals surface area contributed by atoms with Crippen molar-refractivity contribution in [1.82, 2.24) is 15.1 Å². The molecular weight excluding hydrogens is 533 g/mol. The lowest BCUT2D eigenvalue weighted by Crippen LogP contribution is -2.22. The molecule has 0 fully saturated rings. The first kappa shape index (κ1) is 27.8. The number of hydrogen-bond donors (Lipinski definition) is 2. The van der Waals surface area contributed by atoms with Gasteiger partial charge in [-0.1, -0.05) is 30.7 Å². The summed E-state index contributed by atoms with van der Waals surface area (Å²) >= 11 is 7.35. The smallest absolute Gasteiger partial charge is 0.354 e. The highest BCUT2D eigenvalue weighted by atomic mass is 35.5. The molecule has 1 atom stereocenters. The summed E-state index contributed by atoms with van der Waals surface area (Å²) in [5.74, 6) is -0.392. The molecule has 0 aliphatic heterocycles. The Kier molecular flexibility index (Phi) is 9.26.